The Bertz CT molecular complexity index is 661. The summed E-state index contributed by atoms with van der Waals surface area (Å²) in [5.74, 6) is -0.0873. The highest BCUT2D eigenvalue weighted by atomic mass is 32.2. The maximum atomic E-state index is 12.1. The standard InChI is InChI=1S/C19H21NO3S/c21-18(7-6-16-8-11-23-14-16)20-15-19(9-12-22-13-10-19)24-17-4-2-1-3-5-17/h1-8,11,14H,9-10,12-13,15H2,(H,20,21). The van der Waals surface area contributed by atoms with Gasteiger partial charge in [0.15, 0.2) is 0 Å². The number of carbonyl (C=O) groups is 1. The van der Waals surface area contributed by atoms with E-state index in [0.29, 0.717) is 6.54 Å². The van der Waals surface area contributed by atoms with Gasteiger partial charge < -0.3 is 14.5 Å². The third kappa shape index (κ3) is 4.76. The van der Waals surface area contributed by atoms with Crippen molar-refractivity contribution in [3.05, 3.63) is 60.6 Å². The highest BCUT2D eigenvalue weighted by Gasteiger charge is 2.34. The predicted molar refractivity (Wildman–Crippen MR) is 95.8 cm³/mol. The zero-order valence-electron chi connectivity index (χ0n) is 13.4. The van der Waals surface area contributed by atoms with Crippen molar-refractivity contribution in [1.29, 1.82) is 0 Å². The lowest BCUT2D eigenvalue weighted by Crippen LogP contribution is -2.44. The second-order valence-corrected chi connectivity index (χ2v) is 7.36. The van der Waals surface area contributed by atoms with Gasteiger partial charge in [0.1, 0.15) is 0 Å². The summed E-state index contributed by atoms with van der Waals surface area (Å²) in [6.45, 7) is 2.10. The van der Waals surface area contributed by atoms with Crippen molar-refractivity contribution in [2.45, 2.75) is 22.5 Å². The van der Waals surface area contributed by atoms with E-state index in [2.05, 4.69) is 17.4 Å². The van der Waals surface area contributed by atoms with Crippen LogP contribution < -0.4 is 5.32 Å². The molecule has 0 bridgehead atoms. The summed E-state index contributed by atoms with van der Waals surface area (Å²) in [6, 6.07) is 12.1. The van der Waals surface area contributed by atoms with Crippen LogP contribution in [-0.4, -0.2) is 30.4 Å². The van der Waals surface area contributed by atoms with Gasteiger partial charge in [-0.05, 0) is 37.1 Å². The zero-order valence-corrected chi connectivity index (χ0v) is 14.3. The average molecular weight is 343 g/mol. The molecule has 0 unspecified atom stereocenters. The third-order valence-corrected chi connectivity index (χ3v) is 5.53. The van der Waals surface area contributed by atoms with Gasteiger partial charge in [-0.3, -0.25) is 4.79 Å². The zero-order chi connectivity index (χ0) is 16.7. The van der Waals surface area contributed by atoms with E-state index in [4.69, 9.17) is 9.15 Å². The number of thioether (sulfide) groups is 1. The summed E-state index contributed by atoms with van der Waals surface area (Å²) in [6.07, 6.45) is 8.35. The predicted octanol–water partition coefficient (Wildman–Crippen LogP) is 3.75. The molecule has 2 aromatic rings. The van der Waals surface area contributed by atoms with Gasteiger partial charge in [0.2, 0.25) is 5.91 Å². The SMILES string of the molecule is O=C(C=Cc1ccoc1)NCC1(Sc2ccccc2)CCOCC1. The van der Waals surface area contributed by atoms with Gasteiger partial charge in [-0.15, -0.1) is 11.8 Å². The van der Waals surface area contributed by atoms with Crippen molar-refractivity contribution >= 4 is 23.7 Å². The molecule has 5 heteroatoms. The van der Waals surface area contributed by atoms with E-state index in [0.717, 1.165) is 31.6 Å². The topological polar surface area (TPSA) is 51.5 Å². The van der Waals surface area contributed by atoms with Crippen LogP contribution in [0.15, 0.2) is 64.3 Å². The van der Waals surface area contributed by atoms with E-state index in [1.165, 1.54) is 4.90 Å². The van der Waals surface area contributed by atoms with Crippen LogP contribution in [0.2, 0.25) is 0 Å². The van der Waals surface area contributed by atoms with Gasteiger partial charge in [0.05, 0.1) is 12.5 Å². The molecule has 1 aliphatic rings. The number of hydrogen-bond donors (Lipinski definition) is 1. The normalized spacial score (nSPS) is 17.0. The molecule has 3 rings (SSSR count). The molecule has 1 aromatic carbocycles. The highest BCUT2D eigenvalue weighted by Crippen LogP contribution is 2.40. The van der Waals surface area contributed by atoms with E-state index in [1.54, 1.807) is 24.7 Å². The Kier molecular flexibility index (Phi) is 5.77. The lowest BCUT2D eigenvalue weighted by molar-refractivity contribution is -0.116. The van der Waals surface area contributed by atoms with E-state index in [1.807, 2.05) is 36.0 Å². The monoisotopic (exact) mass is 343 g/mol. The Morgan fingerprint density at radius 3 is 2.71 bits per heavy atom. The third-order valence-electron chi connectivity index (χ3n) is 4.04. The number of nitrogens with one attached hydrogen (secondary N) is 1. The van der Waals surface area contributed by atoms with Gasteiger partial charge in [0, 0.05) is 41.0 Å². The maximum Gasteiger partial charge on any atom is 0.244 e. The summed E-state index contributed by atoms with van der Waals surface area (Å²) in [5.41, 5.74) is 0.879. The molecule has 1 saturated heterocycles. The number of rotatable bonds is 6. The lowest BCUT2D eigenvalue weighted by atomic mass is 9.99. The van der Waals surface area contributed by atoms with Crippen LogP contribution in [0.4, 0.5) is 0 Å². The molecule has 1 N–H and O–H groups in total. The van der Waals surface area contributed by atoms with Crippen LogP contribution in [0.5, 0.6) is 0 Å². The summed E-state index contributed by atoms with van der Waals surface area (Å²) >= 11 is 1.84. The largest absolute Gasteiger partial charge is 0.472 e. The molecule has 0 spiro atoms. The summed E-state index contributed by atoms with van der Waals surface area (Å²) in [7, 11) is 0. The van der Waals surface area contributed by atoms with Gasteiger partial charge in [-0.1, -0.05) is 18.2 Å². The first-order chi connectivity index (χ1) is 11.8. The van der Waals surface area contributed by atoms with Crippen LogP contribution in [0, 0.1) is 0 Å². The fraction of sp³-hybridized carbons (Fsp3) is 0.316. The Balaban J connectivity index is 1.60. The molecular formula is C19H21NO3S. The highest BCUT2D eigenvalue weighted by molar-refractivity contribution is 8.00. The molecule has 4 nitrogen and oxygen atoms in total. The minimum absolute atomic E-state index is 0.0151. The fourth-order valence-electron chi connectivity index (χ4n) is 2.65. The quantitative estimate of drug-likeness (QED) is 0.812. The first-order valence-electron chi connectivity index (χ1n) is 8.06. The summed E-state index contributed by atoms with van der Waals surface area (Å²) in [4.78, 5) is 13.3. The lowest BCUT2D eigenvalue weighted by Gasteiger charge is -2.36. The van der Waals surface area contributed by atoms with Crippen molar-refractivity contribution < 1.29 is 13.9 Å². The second kappa shape index (κ2) is 8.22. The van der Waals surface area contributed by atoms with Crippen LogP contribution in [0.3, 0.4) is 0 Å². The number of ether oxygens (including phenoxy) is 1. The van der Waals surface area contributed by atoms with Crippen molar-refractivity contribution in [3.63, 3.8) is 0 Å². The van der Waals surface area contributed by atoms with E-state index in [9.17, 15) is 4.79 Å². The van der Waals surface area contributed by atoms with Gasteiger partial charge in [-0.25, -0.2) is 0 Å². The number of benzene rings is 1. The first kappa shape index (κ1) is 16.9. The van der Waals surface area contributed by atoms with Crippen molar-refractivity contribution in [3.8, 4) is 0 Å². The van der Waals surface area contributed by atoms with E-state index >= 15 is 0 Å². The second-order valence-electron chi connectivity index (χ2n) is 5.82. The minimum atomic E-state index is -0.0873. The number of carbonyl (C=O) groups excluding carboxylic acids is 1. The molecule has 1 amide bonds. The molecule has 0 atom stereocenters. The van der Waals surface area contributed by atoms with Gasteiger partial charge >= 0.3 is 0 Å². The first-order valence-corrected chi connectivity index (χ1v) is 8.87. The number of furan rings is 1. The van der Waals surface area contributed by atoms with Crippen LogP contribution in [-0.2, 0) is 9.53 Å². The van der Waals surface area contributed by atoms with Crippen molar-refractivity contribution in [2.75, 3.05) is 19.8 Å². The van der Waals surface area contributed by atoms with Crippen molar-refractivity contribution in [1.82, 2.24) is 5.32 Å². The molecule has 0 saturated carbocycles. The van der Waals surface area contributed by atoms with Crippen molar-refractivity contribution in [2.24, 2.45) is 0 Å². The molecule has 126 valence electrons. The fourth-order valence-corrected chi connectivity index (χ4v) is 3.95. The maximum absolute atomic E-state index is 12.1. The molecule has 1 fully saturated rings. The Morgan fingerprint density at radius 2 is 2.00 bits per heavy atom. The Hall–Kier alpha value is -1.98. The van der Waals surface area contributed by atoms with Crippen LogP contribution in [0.1, 0.15) is 18.4 Å². The molecule has 0 radical (unpaired) electrons. The van der Waals surface area contributed by atoms with Gasteiger partial charge in [-0.2, -0.15) is 0 Å². The molecule has 2 heterocycles. The average Bonchev–Trinajstić information content (AvgIpc) is 3.14. The number of amides is 1. The van der Waals surface area contributed by atoms with E-state index in [-0.39, 0.29) is 10.7 Å². The summed E-state index contributed by atoms with van der Waals surface area (Å²) < 4.78 is 10.5. The molecule has 0 aliphatic carbocycles. The minimum Gasteiger partial charge on any atom is -0.472 e. The number of hydrogen-bond acceptors (Lipinski definition) is 4. The summed E-state index contributed by atoms with van der Waals surface area (Å²) in [5, 5.41) is 3.04. The van der Waals surface area contributed by atoms with Crippen LogP contribution >= 0.6 is 11.8 Å². The van der Waals surface area contributed by atoms with E-state index < -0.39 is 0 Å². The molecular weight excluding hydrogens is 322 g/mol. The van der Waals surface area contributed by atoms with Crippen LogP contribution in [0.25, 0.3) is 6.08 Å². The van der Waals surface area contributed by atoms with Gasteiger partial charge in [0.25, 0.3) is 0 Å². The Morgan fingerprint density at radius 1 is 1.21 bits per heavy atom. The molecule has 24 heavy (non-hydrogen) atoms. The smallest absolute Gasteiger partial charge is 0.244 e. The molecule has 1 aliphatic heterocycles. The molecule has 1 aromatic heterocycles. The Labute approximate surface area is 146 Å².